The number of nitrogens with zero attached hydrogens (tertiary/aromatic N) is 3. The summed E-state index contributed by atoms with van der Waals surface area (Å²) in [6.07, 6.45) is 2.68. The molecule has 0 saturated heterocycles. The second-order valence-corrected chi connectivity index (χ2v) is 4.47. The molecular weight excluding hydrogens is 284 g/mol. The van der Waals surface area contributed by atoms with Crippen molar-refractivity contribution in [2.75, 3.05) is 5.32 Å². The standard InChI is InChI=1S/C12H11ClN4O3/c1-16-11(19)4-5-17(12(16)20)7-10(18)15-9-3-2-8(13)6-14-9/h2-6H,7H2,1H3,(H,14,15,18). The van der Waals surface area contributed by atoms with E-state index in [2.05, 4.69) is 10.3 Å². The van der Waals surface area contributed by atoms with Crippen molar-refractivity contribution in [3.63, 3.8) is 0 Å². The molecule has 0 radical (unpaired) electrons. The third kappa shape index (κ3) is 3.12. The SMILES string of the molecule is Cn1c(=O)ccn(CC(=O)Nc2ccc(Cl)cn2)c1=O. The van der Waals surface area contributed by atoms with Crippen LogP contribution < -0.4 is 16.6 Å². The van der Waals surface area contributed by atoms with E-state index in [1.165, 1.54) is 25.5 Å². The Morgan fingerprint density at radius 1 is 1.35 bits per heavy atom. The first-order chi connectivity index (χ1) is 9.47. The molecule has 2 rings (SSSR count). The van der Waals surface area contributed by atoms with Gasteiger partial charge in [-0.25, -0.2) is 9.78 Å². The number of hydrogen-bond acceptors (Lipinski definition) is 4. The number of carbonyl (C=O) groups excluding carboxylic acids is 1. The van der Waals surface area contributed by atoms with E-state index in [1.54, 1.807) is 12.1 Å². The van der Waals surface area contributed by atoms with Crippen LogP contribution in [0.25, 0.3) is 0 Å². The molecule has 0 atom stereocenters. The van der Waals surface area contributed by atoms with Crippen molar-refractivity contribution in [1.29, 1.82) is 0 Å². The third-order valence-electron chi connectivity index (χ3n) is 2.57. The van der Waals surface area contributed by atoms with E-state index >= 15 is 0 Å². The molecule has 7 nitrogen and oxygen atoms in total. The summed E-state index contributed by atoms with van der Waals surface area (Å²) >= 11 is 5.68. The van der Waals surface area contributed by atoms with E-state index < -0.39 is 17.2 Å². The maximum Gasteiger partial charge on any atom is 0.331 e. The highest BCUT2D eigenvalue weighted by atomic mass is 35.5. The Morgan fingerprint density at radius 2 is 2.10 bits per heavy atom. The number of amides is 1. The van der Waals surface area contributed by atoms with Crippen LogP contribution in [0.2, 0.25) is 5.02 Å². The van der Waals surface area contributed by atoms with Crippen LogP contribution in [-0.2, 0) is 18.4 Å². The fourth-order valence-corrected chi connectivity index (χ4v) is 1.64. The molecule has 0 bridgehead atoms. The maximum atomic E-state index is 11.8. The quantitative estimate of drug-likeness (QED) is 0.878. The van der Waals surface area contributed by atoms with E-state index in [1.807, 2.05) is 0 Å². The minimum absolute atomic E-state index is 0.211. The van der Waals surface area contributed by atoms with Gasteiger partial charge in [0, 0.05) is 25.5 Å². The van der Waals surface area contributed by atoms with Crippen molar-refractivity contribution in [1.82, 2.24) is 14.1 Å². The predicted octanol–water partition coefficient (Wildman–Crippen LogP) is 0.234. The summed E-state index contributed by atoms with van der Waals surface area (Å²) in [6.45, 7) is -0.211. The molecule has 0 unspecified atom stereocenters. The zero-order valence-corrected chi connectivity index (χ0v) is 11.3. The Bertz CT molecular complexity index is 749. The fourth-order valence-electron chi connectivity index (χ4n) is 1.52. The molecule has 0 saturated carbocycles. The van der Waals surface area contributed by atoms with Crippen LogP contribution in [-0.4, -0.2) is 20.0 Å². The largest absolute Gasteiger partial charge is 0.331 e. The van der Waals surface area contributed by atoms with Gasteiger partial charge in [0.1, 0.15) is 12.4 Å². The highest BCUT2D eigenvalue weighted by molar-refractivity contribution is 6.30. The molecule has 20 heavy (non-hydrogen) atoms. The van der Waals surface area contributed by atoms with Crippen molar-refractivity contribution in [2.45, 2.75) is 6.54 Å². The first-order valence-electron chi connectivity index (χ1n) is 5.65. The van der Waals surface area contributed by atoms with Gasteiger partial charge in [0.25, 0.3) is 5.56 Å². The van der Waals surface area contributed by atoms with Gasteiger partial charge in [-0.05, 0) is 12.1 Å². The Hall–Kier alpha value is -2.41. The molecule has 0 aliphatic heterocycles. The number of aromatic nitrogens is 3. The third-order valence-corrected chi connectivity index (χ3v) is 2.79. The molecule has 2 aromatic heterocycles. The highest BCUT2D eigenvalue weighted by Gasteiger charge is 2.07. The van der Waals surface area contributed by atoms with Crippen LogP contribution in [0.4, 0.5) is 5.82 Å². The van der Waals surface area contributed by atoms with Crippen LogP contribution in [0, 0.1) is 0 Å². The van der Waals surface area contributed by atoms with E-state index in [9.17, 15) is 14.4 Å². The Balaban J connectivity index is 2.13. The smallest absolute Gasteiger partial charge is 0.309 e. The molecule has 2 heterocycles. The zero-order valence-electron chi connectivity index (χ0n) is 10.5. The minimum Gasteiger partial charge on any atom is -0.309 e. The summed E-state index contributed by atoms with van der Waals surface area (Å²) in [6, 6.07) is 4.35. The molecule has 1 amide bonds. The number of nitrogens with one attached hydrogen (secondary N) is 1. The molecule has 0 spiro atoms. The second-order valence-electron chi connectivity index (χ2n) is 4.03. The van der Waals surface area contributed by atoms with E-state index in [0.29, 0.717) is 10.8 Å². The van der Waals surface area contributed by atoms with Gasteiger partial charge in [0.05, 0.1) is 5.02 Å². The second kappa shape index (κ2) is 5.70. The fraction of sp³-hybridized carbons (Fsp3) is 0.167. The lowest BCUT2D eigenvalue weighted by molar-refractivity contribution is -0.116. The van der Waals surface area contributed by atoms with Crippen LogP contribution in [0.5, 0.6) is 0 Å². The molecule has 0 fully saturated rings. The molecule has 1 N–H and O–H groups in total. The van der Waals surface area contributed by atoms with Gasteiger partial charge in [0.15, 0.2) is 0 Å². The van der Waals surface area contributed by atoms with Gasteiger partial charge in [0.2, 0.25) is 5.91 Å². The van der Waals surface area contributed by atoms with Crippen LogP contribution >= 0.6 is 11.6 Å². The number of rotatable bonds is 3. The minimum atomic E-state index is -0.559. The number of pyridine rings is 1. The Labute approximate surface area is 118 Å². The molecule has 104 valence electrons. The van der Waals surface area contributed by atoms with Gasteiger partial charge in [-0.15, -0.1) is 0 Å². The van der Waals surface area contributed by atoms with Gasteiger partial charge < -0.3 is 5.32 Å². The van der Waals surface area contributed by atoms with E-state index in [0.717, 1.165) is 9.13 Å². The molecule has 8 heteroatoms. The van der Waals surface area contributed by atoms with Gasteiger partial charge >= 0.3 is 5.69 Å². The van der Waals surface area contributed by atoms with Crippen molar-refractivity contribution in [2.24, 2.45) is 7.05 Å². The van der Waals surface area contributed by atoms with Gasteiger partial charge in [-0.1, -0.05) is 11.6 Å². The summed E-state index contributed by atoms with van der Waals surface area (Å²) in [4.78, 5) is 38.7. The van der Waals surface area contributed by atoms with E-state index in [4.69, 9.17) is 11.6 Å². The highest BCUT2D eigenvalue weighted by Crippen LogP contribution is 2.09. The maximum absolute atomic E-state index is 11.8. The monoisotopic (exact) mass is 294 g/mol. The average molecular weight is 295 g/mol. The summed E-state index contributed by atoms with van der Waals surface area (Å²) in [5.74, 6) is -0.0992. The van der Waals surface area contributed by atoms with Crippen molar-refractivity contribution >= 4 is 23.3 Å². The summed E-state index contributed by atoms with van der Waals surface area (Å²) in [5, 5.41) is 2.98. The van der Waals surface area contributed by atoms with Crippen LogP contribution in [0.1, 0.15) is 0 Å². The first-order valence-corrected chi connectivity index (χ1v) is 6.03. The van der Waals surface area contributed by atoms with E-state index in [-0.39, 0.29) is 6.54 Å². The summed E-state index contributed by atoms with van der Waals surface area (Å²) in [5.41, 5.74) is -0.984. The zero-order chi connectivity index (χ0) is 14.7. The topological polar surface area (TPSA) is 86.0 Å². The van der Waals surface area contributed by atoms with Crippen molar-refractivity contribution in [3.8, 4) is 0 Å². The number of anilines is 1. The van der Waals surface area contributed by atoms with Crippen LogP contribution in [0.15, 0.2) is 40.2 Å². The Kier molecular flexibility index (Phi) is 3.99. The number of halogens is 1. The van der Waals surface area contributed by atoms with Crippen molar-refractivity contribution in [3.05, 3.63) is 56.5 Å². The molecular formula is C12H11ClN4O3. The molecule has 2 aromatic rings. The number of carbonyl (C=O) groups is 1. The lowest BCUT2D eigenvalue weighted by Crippen LogP contribution is -2.39. The predicted molar refractivity (Wildman–Crippen MR) is 73.8 cm³/mol. The van der Waals surface area contributed by atoms with Gasteiger partial charge in [-0.2, -0.15) is 0 Å². The first kappa shape index (κ1) is 14.0. The molecule has 0 aliphatic rings. The van der Waals surface area contributed by atoms with Gasteiger partial charge in [-0.3, -0.25) is 18.7 Å². The number of hydrogen-bond donors (Lipinski definition) is 1. The summed E-state index contributed by atoms with van der Waals surface area (Å²) in [7, 11) is 1.35. The Morgan fingerprint density at radius 3 is 2.75 bits per heavy atom. The normalized spacial score (nSPS) is 10.3. The molecule has 0 aromatic carbocycles. The van der Waals surface area contributed by atoms with Crippen LogP contribution in [0.3, 0.4) is 0 Å². The average Bonchev–Trinajstić information content (AvgIpc) is 2.42. The van der Waals surface area contributed by atoms with Crippen molar-refractivity contribution < 1.29 is 4.79 Å². The molecule has 0 aliphatic carbocycles. The lowest BCUT2D eigenvalue weighted by atomic mass is 10.4. The summed E-state index contributed by atoms with van der Waals surface area (Å²) < 4.78 is 2.06. The lowest BCUT2D eigenvalue weighted by Gasteiger charge is -2.07.